The molecule has 108 valence electrons. The van der Waals surface area contributed by atoms with Crippen molar-refractivity contribution < 1.29 is 9.66 Å². The minimum absolute atomic E-state index is 0.0881. The Balaban J connectivity index is 1.88. The van der Waals surface area contributed by atoms with Gasteiger partial charge in [0.25, 0.3) is 5.69 Å². The van der Waals surface area contributed by atoms with Gasteiger partial charge in [-0.1, -0.05) is 11.6 Å². The number of nitrogens with zero attached hydrogens (tertiary/aromatic N) is 3. The summed E-state index contributed by atoms with van der Waals surface area (Å²) in [5.74, 6) is 1.79. The summed E-state index contributed by atoms with van der Waals surface area (Å²) in [6, 6.07) is 5.66. The van der Waals surface area contributed by atoms with E-state index in [1.165, 1.54) is 18.2 Å². The first-order chi connectivity index (χ1) is 10.0. The number of ether oxygens (including phenoxy) is 1. The lowest BCUT2D eigenvalue weighted by Crippen LogP contribution is -1.97. The predicted octanol–water partition coefficient (Wildman–Crippen LogP) is 4.47. The van der Waals surface area contributed by atoms with Crippen LogP contribution in [0.5, 0.6) is 11.6 Å². The summed E-state index contributed by atoms with van der Waals surface area (Å²) >= 11 is 9.31. The van der Waals surface area contributed by atoms with Crippen molar-refractivity contribution >= 4 is 33.2 Å². The van der Waals surface area contributed by atoms with Crippen molar-refractivity contribution in [1.82, 2.24) is 9.97 Å². The van der Waals surface area contributed by atoms with E-state index in [4.69, 9.17) is 16.3 Å². The minimum atomic E-state index is -0.512. The zero-order chi connectivity index (χ0) is 15.0. The minimum Gasteiger partial charge on any atom is -0.437 e. The zero-order valence-electron chi connectivity index (χ0n) is 10.6. The molecule has 2 aromatic rings. The van der Waals surface area contributed by atoms with E-state index in [-0.39, 0.29) is 10.7 Å². The molecule has 1 aliphatic rings. The zero-order valence-corrected chi connectivity index (χ0v) is 13.0. The van der Waals surface area contributed by atoms with Crippen LogP contribution in [0.15, 0.2) is 28.9 Å². The molecule has 1 fully saturated rings. The smallest absolute Gasteiger partial charge is 0.271 e. The summed E-state index contributed by atoms with van der Waals surface area (Å²) in [7, 11) is 0. The van der Waals surface area contributed by atoms with Gasteiger partial charge in [-0.2, -0.15) is 4.98 Å². The third-order valence-corrected chi connectivity index (χ3v) is 3.67. The topological polar surface area (TPSA) is 78.2 Å². The van der Waals surface area contributed by atoms with Crippen molar-refractivity contribution in [3.05, 3.63) is 49.8 Å². The second-order valence-corrected chi connectivity index (χ2v) is 5.85. The third kappa shape index (κ3) is 3.30. The van der Waals surface area contributed by atoms with Gasteiger partial charge in [0.15, 0.2) is 0 Å². The molecule has 0 unspecified atom stereocenters. The first-order valence-corrected chi connectivity index (χ1v) is 7.36. The van der Waals surface area contributed by atoms with Gasteiger partial charge in [0.05, 0.1) is 9.95 Å². The van der Waals surface area contributed by atoms with Gasteiger partial charge in [-0.15, -0.1) is 0 Å². The summed E-state index contributed by atoms with van der Waals surface area (Å²) < 4.78 is 6.24. The first-order valence-electron chi connectivity index (χ1n) is 6.19. The van der Waals surface area contributed by atoms with Crippen LogP contribution in [0.25, 0.3) is 0 Å². The van der Waals surface area contributed by atoms with Crippen LogP contribution in [0, 0.1) is 10.1 Å². The van der Waals surface area contributed by atoms with E-state index in [9.17, 15) is 10.1 Å². The summed E-state index contributed by atoms with van der Waals surface area (Å²) in [5.41, 5.74) is -0.0881. The molecule has 6 nitrogen and oxygen atoms in total. The number of non-ortho nitro benzene ring substituents is 1. The first kappa shape index (κ1) is 14.2. The van der Waals surface area contributed by atoms with E-state index < -0.39 is 4.92 Å². The Hall–Kier alpha value is -1.73. The van der Waals surface area contributed by atoms with Crippen LogP contribution < -0.4 is 4.74 Å². The molecule has 1 saturated carbocycles. The average Bonchev–Trinajstić information content (AvgIpc) is 3.24. The monoisotopic (exact) mass is 369 g/mol. The van der Waals surface area contributed by atoms with Crippen molar-refractivity contribution in [2.75, 3.05) is 0 Å². The van der Waals surface area contributed by atoms with Crippen LogP contribution >= 0.6 is 27.5 Å². The number of rotatable bonds is 4. The summed E-state index contributed by atoms with van der Waals surface area (Å²) in [6.45, 7) is 0. The molecule has 0 spiro atoms. The fourth-order valence-electron chi connectivity index (χ4n) is 1.79. The number of benzene rings is 1. The molecule has 0 saturated heterocycles. The van der Waals surface area contributed by atoms with Crippen LogP contribution in [0.1, 0.15) is 24.6 Å². The highest BCUT2D eigenvalue weighted by Gasteiger charge is 2.27. The lowest BCUT2D eigenvalue weighted by Gasteiger charge is -2.08. The molecule has 0 atom stereocenters. The van der Waals surface area contributed by atoms with E-state index in [2.05, 4.69) is 25.9 Å². The van der Waals surface area contributed by atoms with Crippen LogP contribution in [0.2, 0.25) is 5.02 Å². The average molecular weight is 371 g/mol. The van der Waals surface area contributed by atoms with Gasteiger partial charge in [0.2, 0.25) is 5.88 Å². The molecule has 0 aliphatic heterocycles. The summed E-state index contributed by atoms with van der Waals surface area (Å²) in [5, 5.41) is 10.8. The second kappa shape index (κ2) is 5.57. The molecule has 0 amide bonds. The maximum atomic E-state index is 10.7. The molecule has 1 heterocycles. The molecule has 0 radical (unpaired) electrons. The Morgan fingerprint density at radius 2 is 2.10 bits per heavy atom. The number of nitro benzene ring substituents is 1. The lowest BCUT2D eigenvalue weighted by molar-refractivity contribution is -0.384. The molecular weight excluding hydrogens is 362 g/mol. The molecule has 0 N–H and O–H groups in total. The van der Waals surface area contributed by atoms with Crippen molar-refractivity contribution in [3.8, 4) is 11.6 Å². The van der Waals surface area contributed by atoms with Gasteiger partial charge in [-0.05, 0) is 34.8 Å². The van der Waals surface area contributed by atoms with Gasteiger partial charge in [0, 0.05) is 24.1 Å². The number of halogens is 2. The molecule has 0 bridgehead atoms. The Labute approximate surface area is 133 Å². The maximum Gasteiger partial charge on any atom is 0.271 e. The van der Waals surface area contributed by atoms with E-state index >= 15 is 0 Å². The molecule has 1 aromatic heterocycles. The van der Waals surface area contributed by atoms with Crippen molar-refractivity contribution in [2.45, 2.75) is 18.8 Å². The molecule has 21 heavy (non-hydrogen) atoms. The normalized spacial score (nSPS) is 14.0. The highest BCUT2D eigenvalue weighted by molar-refractivity contribution is 9.10. The summed E-state index contributed by atoms with van der Waals surface area (Å²) in [6.07, 6.45) is 2.16. The third-order valence-electron chi connectivity index (χ3n) is 2.97. The quantitative estimate of drug-likeness (QED) is 0.451. The van der Waals surface area contributed by atoms with E-state index in [0.717, 1.165) is 18.7 Å². The standard InChI is InChI=1S/C13H9BrClN3O3/c14-11-6-12(17-13(16-11)7-1-2-7)21-10-4-3-8(18(19)20)5-9(10)15/h3-7H,1-2H2. The van der Waals surface area contributed by atoms with Crippen molar-refractivity contribution in [3.63, 3.8) is 0 Å². The van der Waals surface area contributed by atoms with Gasteiger partial charge in [-0.25, -0.2) is 4.98 Å². The highest BCUT2D eigenvalue weighted by atomic mass is 79.9. The molecule has 3 rings (SSSR count). The fraction of sp³-hybridized carbons (Fsp3) is 0.231. The number of nitro groups is 1. The van der Waals surface area contributed by atoms with Crippen molar-refractivity contribution in [1.29, 1.82) is 0 Å². The van der Waals surface area contributed by atoms with Gasteiger partial charge in [0.1, 0.15) is 16.2 Å². The maximum absolute atomic E-state index is 10.7. The van der Waals surface area contributed by atoms with Crippen molar-refractivity contribution in [2.24, 2.45) is 0 Å². The lowest BCUT2D eigenvalue weighted by atomic mass is 10.3. The van der Waals surface area contributed by atoms with Crippen LogP contribution in [-0.4, -0.2) is 14.9 Å². The Bertz CT molecular complexity index is 722. The SMILES string of the molecule is O=[N+]([O-])c1ccc(Oc2cc(Br)nc(C3CC3)n2)c(Cl)c1. The number of hydrogen-bond acceptors (Lipinski definition) is 5. The van der Waals surface area contributed by atoms with Crippen LogP contribution in [-0.2, 0) is 0 Å². The van der Waals surface area contributed by atoms with Crippen LogP contribution in [0.3, 0.4) is 0 Å². The van der Waals surface area contributed by atoms with Gasteiger partial charge in [-0.3, -0.25) is 10.1 Å². The number of aromatic nitrogens is 2. The van der Waals surface area contributed by atoms with E-state index in [0.29, 0.717) is 22.2 Å². The summed E-state index contributed by atoms with van der Waals surface area (Å²) in [4.78, 5) is 18.8. The Morgan fingerprint density at radius 3 is 2.71 bits per heavy atom. The van der Waals surface area contributed by atoms with E-state index in [1.54, 1.807) is 6.07 Å². The molecule has 1 aliphatic carbocycles. The largest absolute Gasteiger partial charge is 0.437 e. The number of hydrogen-bond donors (Lipinski definition) is 0. The second-order valence-electron chi connectivity index (χ2n) is 4.64. The van der Waals surface area contributed by atoms with Gasteiger partial charge >= 0.3 is 0 Å². The molecule has 8 heteroatoms. The highest BCUT2D eigenvalue weighted by Crippen LogP contribution is 2.40. The molecular formula is C13H9BrClN3O3. The Kier molecular flexibility index (Phi) is 3.77. The Morgan fingerprint density at radius 1 is 1.33 bits per heavy atom. The van der Waals surface area contributed by atoms with E-state index in [1.807, 2.05) is 0 Å². The van der Waals surface area contributed by atoms with Crippen LogP contribution in [0.4, 0.5) is 5.69 Å². The molecule has 1 aromatic carbocycles. The van der Waals surface area contributed by atoms with Gasteiger partial charge < -0.3 is 4.74 Å². The fourth-order valence-corrected chi connectivity index (χ4v) is 2.38. The predicted molar refractivity (Wildman–Crippen MR) is 79.9 cm³/mol.